The summed E-state index contributed by atoms with van der Waals surface area (Å²) < 4.78 is 1.58. The smallest absolute Gasteiger partial charge is 0.258 e. The number of benzene rings is 1. The lowest BCUT2D eigenvalue weighted by atomic mass is 10.1. The number of rotatable bonds is 4. The Morgan fingerprint density at radius 2 is 1.95 bits per heavy atom. The van der Waals surface area contributed by atoms with Crippen molar-refractivity contribution in [2.24, 2.45) is 0 Å². The maximum Gasteiger partial charge on any atom is 0.258 e. The zero-order valence-corrected chi connectivity index (χ0v) is 12.8. The van der Waals surface area contributed by atoms with E-state index in [1.807, 2.05) is 43.5 Å². The Labute approximate surface area is 129 Å². The third-order valence-electron chi connectivity index (χ3n) is 3.75. The normalized spacial score (nSPS) is 12.5. The van der Waals surface area contributed by atoms with E-state index in [1.54, 1.807) is 10.5 Å². The highest BCUT2D eigenvalue weighted by Gasteiger charge is 2.06. The molecule has 0 unspecified atom stereocenters. The molecule has 1 N–H and O–H groups in total. The molecule has 4 heteroatoms. The van der Waals surface area contributed by atoms with E-state index >= 15 is 0 Å². The minimum atomic E-state index is -0.0436. The zero-order valence-electron chi connectivity index (χ0n) is 12.8. The summed E-state index contributed by atoms with van der Waals surface area (Å²) in [5.74, 6) is 0. The summed E-state index contributed by atoms with van der Waals surface area (Å²) >= 11 is 0. The number of pyridine rings is 1. The molecule has 0 radical (unpaired) electrons. The van der Waals surface area contributed by atoms with Crippen LogP contribution in [0.5, 0.6) is 0 Å². The Kier molecular flexibility index (Phi) is 4.02. The second kappa shape index (κ2) is 6.12. The molecule has 0 amide bonds. The predicted octanol–water partition coefficient (Wildman–Crippen LogP) is 2.85. The van der Waals surface area contributed by atoms with E-state index in [1.165, 1.54) is 5.56 Å². The summed E-state index contributed by atoms with van der Waals surface area (Å²) in [5, 5.41) is 3.41. The van der Waals surface area contributed by atoms with Crippen LogP contribution in [0.3, 0.4) is 0 Å². The van der Waals surface area contributed by atoms with E-state index in [9.17, 15) is 4.79 Å². The van der Waals surface area contributed by atoms with Crippen LogP contribution in [-0.2, 0) is 6.54 Å². The molecule has 3 aromatic rings. The molecular formula is C18H19N3O. The molecule has 0 aliphatic heterocycles. The number of aromatic nitrogens is 2. The Balaban J connectivity index is 1.80. The number of fused-ring (bicyclic) bond motifs is 1. The predicted molar refractivity (Wildman–Crippen MR) is 87.9 cm³/mol. The molecule has 2 heterocycles. The molecule has 22 heavy (non-hydrogen) atoms. The maximum atomic E-state index is 12.2. The van der Waals surface area contributed by atoms with Gasteiger partial charge in [-0.25, -0.2) is 4.98 Å². The maximum absolute atomic E-state index is 12.2. The first-order valence-corrected chi connectivity index (χ1v) is 7.41. The minimum Gasteiger partial charge on any atom is -0.305 e. The van der Waals surface area contributed by atoms with E-state index in [0.717, 1.165) is 11.3 Å². The summed E-state index contributed by atoms with van der Waals surface area (Å²) in [7, 11) is 0. The van der Waals surface area contributed by atoms with E-state index in [2.05, 4.69) is 29.4 Å². The van der Waals surface area contributed by atoms with Crippen molar-refractivity contribution >= 4 is 5.65 Å². The van der Waals surface area contributed by atoms with Crippen molar-refractivity contribution in [3.05, 3.63) is 81.9 Å². The van der Waals surface area contributed by atoms with Gasteiger partial charge in [0.2, 0.25) is 0 Å². The summed E-state index contributed by atoms with van der Waals surface area (Å²) in [5.41, 5.74) is 3.66. The van der Waals surface area contributed by atoms with Crippen LogP contribution < -0.4 is 10.9 Å². The molecule has 1 aromatic carbocycles. The Morgan fingerprint density at radius 1 is 1.18 bits per heavy atom. The van der Waals surface area contributed by atoms with Gasteiger partial charge in [-0.2, -0.15) is 0 Å². The SMILES string of the molecule is Cc1ccc2nc(CN[C@H](C)c3ccccc3)cc(=O)n2c1. The van der Waals surface area contributed by atoms with Crippen molar-refractivity contribution in [1.29, 1.82) is 0 Å². The Morgan fingerprint density at radius 3 is 2.73 bits per heavy atom. The van der Waals surface area contributed by atoms with Gasteiger partial charge in [0.25, 0.3) is 5.56 Å². The van der Waals surface area contributed by atoms with Gasteiger partial charge in [-0.3, -0.25) is 9.20 Å². The molecule has 112 valence electrons. The summed E-state index contributed by atoms with van der Waals surface area (Å²) in [6, 6.07) is 15.9. The van der Waals surface area contributed by atoms with Gasteiger partial charge < -0.3 is 5.32 Å². The van der Waals surface area contributed by atoms with Crippen molar-refractivity contribution in [2.75, 3.05) is 0 Å². The molecule has 2 aromatic heterocycles. The number of nitrogens with zero attached hydrogens (tertiary/aromatic N) is 2. The van der Waals surface area contributed by atoms with Crippen LogP contribution in [0.1, 0.15) is 29.8 Å². The number of nitrogens with one attached hydrogen (secondary N) is 1. The topological polar surface area (TPSA) is 46.4 Å². The zero-order chi connectivity index (χ0) is 15.5. The van der Waals surface area contributed by atoms with Gasteiger partial charge in [0.15, 0.2) is 0 Å². The second-order valence-electron chi connectivity index (χ2n) is 5.53. The van der Waals surface area contributed by atoms with Crippen molar-refractivity contribution < 1.29 is 0 Å². The molecule has 0 saturated carbocycles. The van der Waals surface area contributed by atoms with Crippen LogP contribution >= 0.6 is 0 Å². The highest BCUT2D eigenvalue weighted by molar-refractivity contribution is 5.39. The standard InChI is InChI=1S/C18H19N3O/c1-13-8-9-17-20-16(10-18(22)21(17)12-13)11-19-14(2)15-6-4-3-5-7-15/h3-10,12,14,19H,11H2,1-2H3/t14-/m1/s1. The lowest BCUT2D eigenvalue weighted by Crippen LogP contribution is -2.22. The highest BCUT2D eigenvalue weighted by Crippen LogP contribution is 2.11. The lowest BCUT2D eigenvalue weighted by molar-refractivity contribution is 0.567. The largest absolute Gasteiger partial charge is 0.305 e. The molecule has 0 aliphatic rings. The molecule has 0 aliphatic carbocycles. The molecule has 0 spiro atoms. The van der Waals surface area contributed by atoms with E-state index in [4.69, 9.17) is 0 Å². The fraction of sp³-hybridized carbons (Fsp3) is 0.222. The first-order chi connectivity index (χ1) is 10.6. The van der Waals surface area contributed by atoms with E-state index in [-0.39, 0.29) is 11.6 Å². The average molecular weight is 293 g/mol. The van der Waals surface area contributed by atoms with Crippen LogP contribution in [0.15, 0.2) is 59.5 Å². The van der Waals surface area contributed by atoms with Crippen LogP contribution in [-0.4, -0.2) is 9.38 Å². The molecule has 0 saturated heterocycles. The minimum absolute atomic E-state index is 0.0436. The third kappa shape index (κ3) is 3.07. The monoisotopic (exact) mass is 293 g/mol. The van der Waals surface area contributed by atoms with Gasteiger partial charge in [0.05, 0.1) is 5.69 Å². The van der Waals surface area contributed by atoms with Crippen molar-refractivity contribution in [1.82, 2.24) is 14.7 Å². The van der Waals surface area contributed by atoms with Crippen LogP contribution in [0.4, 0.5) is 0 Å². The number of hydrogen-bond acceptors (Lipinski definition) is 3. The van der Waals surface area contributed by atoms with Gasteiger partial charge >= 0.3 is 0 Å². The van der Waals surface area contributed by atoms with Gasteiger partial charge in [0.1, 0.15) is 5.65 Å². The highest BCUT2D eigenvalue weighted by atomic mass is 16.1. The molecule has 0 fully saturated rings. The van der Waals surface area contributed by atoms with Crippen molar-refractivity contribution in [2.45, 2.75) is 26.4 Å². The molecule has 3 rings (SSSR count). The van der Waals surface area contributed by atoms with Crippen LogP contribution in [0.2, 0.25) is 0 Å². The van der Waals surface area contributed by atoms with E-state index < -0.39 is 0 Å². The van der Waals surface area contributed by atoms with Crippen molar-refractivity contribution in [3.8, 4) is 0 Å². The van der Waals surface area contributed by atoms with Gasteiger partial charge in [-0.15, -0.1) is 0 Å². The fourth-order valence-electron chi connectivity index (χ4n) is 2.47. The number of aryl methyl sites for hydroxylation is 1. The summed E-state index contributed by atoms with van der Waals surface area (Å²) in [4.78, 5) is 16.7. The molecule has 4 nitrogen and oxygen atoms in total. The van der Waals surface area contributed by atoms with E-state index in [0.29, 0.717) is 12.2 Å². The summed E-state index contributed by atoms with van der Waals surface area (Å²) in [6.45, 7) is 4.63. The third-order valence-corrected chi connectivity index (χ3v) is 3.75. The molecule has 1 atom stereocenters. The lowest BCUT2D eigenvalue weighted by Gasteiger charge is -2.14. The van der Waals surface area contributed by atoms with Gasteiger partial charge in [0, 0.05) is 24.8 Å². The Hall–Kier alpha value is -2.46. The average Bonchev–Trinajstić information content (AvgIpc) is 2.54. The number of hydrogen-bond donors (Lipinski definition) is 1. The second-order valence-corrected chi connectivity index (χ2v) is 5.53. The van der Waals surface area contributed by atoms with Crippen LogP contribution in [0.25, 0.3) is 5.65 Å². The fourth-order valence-corrected chi connectivity index (χ4v) is 2.47. The first kappa shape index (κ1) is 14.5. The van der Waals surface area contributed by atoms with Gasteiger partial charge in [-0.1, -0.05) is 36.4 Å². The first-order valence-electron chi connectivity index (χ1n) is 7.41. The van der Waals surface area contributed by atoms with Gasteiger partial charge in [-0.05, 0) is 31.0 Å². The quantitative estimate of drug-likeness (QED) is 0.804. The molecule has 0 bridgehead atoms. The van der Waals surface area contributed by atoms with Crippen molar-refractivity contribution in [3.63, 3.8) is 0 Å². The summed E-state index contributed by atoms with van der Waals surface area (Å²) in [6.07, 6.45) is 1.81. The van der Waals surface area contributed by atoms with Crippen LogP contribution in [0, 0.1) is 6.92 Å². The molecular weight excluding hydrogens is 274 g/mol. The Bertz CT molecular complexity index is 840.